The first-order chi connectivity index (χ1) is 15.3. The second-order valence-corrected chi connectivity index (χ2v) is 9.25. The minimum atomic E-state index is -4.79. The first-order valence-electron chi connectivity index (χ1n) is 9.38. The van der Waals surface area contributed by atoms with Gasteiger partial charge in [-0.3, -0.25) is 19.2 Å². The smallest absolute Gasteiger partial charge is 0.304 e. The molecule has 1 fully saturated rings. The molecule has 1 atom stereocenters. The number of hydrogen-bond donors (Lipinski definition) is 1. The average Bonchev–Trinajstić information content (AvgIpc) is 2.91. The predicted molar refractivity (Wildman–Crippen MR) is 122 cm³/mol. The summed E-state index contributed by atoms with van der Waals surface area (Å²) >= 11 is 5.46. The van der Waals surface area contributed by atoms with Gasteiger partial charge in [-0.05, 0) is 68.5 Å². The highest BCUT2D eigenvalue weighted by Gasteiger charge is 2.50. The summed E-state index contributed by atoms with van der Waals surface area (Å²) in [6.45, 7) is 4.33. The number of halogens is 3. The van der Waals surface area contributed by atoms with E-state index in [1.807, 2.05) is 0 Å². The lowest BCUT2D eigenvalue weighted by molar-refractivity contribution is -0.137. The molecule has 1 amide bonds. The van der Waals surface area contributed by atoms with Crippen LogP contribution in [0.5, 0.6) is 0 Å². The number of nitriles is 1. The summed E-state index contributed by atoms with van der Waals surface area (Å²) < 4.78 is 54.5. The van der Waals surface area contributed by atoms with Gasteiger partial charge in [0.1, 0.15) is 5.54 Å². The Hall–Kier alpha value is -3.30. The van der Waals surface area contributed by atoms with Crippen LogP contribution in [0.1, 0.15) is 31.9 Å². The fraction of sp³-hybridized carbons (Fsp3) is 0.238. The number of nitrogens with one attached hydrogen (secondary N) is 1. The molecule has 0 aromatic heterocycles. The predicted octanol–water partition coefficient (Wildman–Crippen LogP) is 4.12. The molecule has 0 radical (unpaired) electrons. The van der Waals surface area contributed by atoms with E-state index in [0.717, 1.165) is 17.0 Å². The van der Waals surface area contributed by atoms with Gasteiger partial charge in [-0.1, -0.05) is 0 Å². The molecule has 0 bridgehead atoms. The van der Waals surface area contributed by atoms with E-state index in [1.54, 1.807) is 26.0 Å². The molecule has 0 aliphatic carbocycles. The highest BCUT2D eigenvalue weighted by molar-refractivity contribution is 8.01. The number of rotatable bonds is 4. The number of hydrogen-bond acceptors (Lipinski definition) is 5. The SMILES string of the molecule is CC(=O)S(=O)Nc1ccc(N2C(=S)N(c3ccc(C#N)c(C(F)(F)F)c3)C(=O)C2(C)C)cc1. The van der Waals surface area contributed by atoms with Crippen LogP contribution in [0.4, 0.5) is 30.2 Å². The normalized spacial score (nSPS) is 16.5. The van der Waals surface area contributed by atoms with Crippen molar-refractivity contribution < 1.29 is 27.0 Å². The Kier molecular flexibility index (Phi) is 6.32. The van der Waals surface area contributed by atoms with Crippen LogP contribution in [-0.2, 0) is 26.8 Å². The number of carbonyl (C=O) groups excluding carboxylic acids is 2. The van der Waals surface area contributed by atoms with Gasteiger partial charge in [0.05, 0.1) is 22.9 Å². The molecule has 1 unspecified atom stereocenters. The molecule has 2 aromatic carbocycles. The largest absolute Gasteiger partial charge is 0.417 e. The summed E-state index contributed by atoms with van der Waals surface area (Å²) in [6, 6.07) is 10.7. The number of carbonyl (C=O) groups is 2. The molecule has 1 saturated heterocycles. The van der Waals surface area contributed by atoms with Gasteiger partial charge in [-0.25, -0.2) is 4.21 Å². The first-order valence-corrected chi connectivity index (χ1v) is 10.9. The van der Waals surface area contributed by atoms with Crippen molar-refractivity contribution in [2.24, 2.45) is 0 Å². The maximum Gasteiger partial charge on any atom is 0.417 e. The number of thiocarbonyl (C=S) groups is 1. The maximum atomic E-state index is 13.4. The summed E-state index contributed by atoms with van der Waals surface area (Å²) in [7, 11) is -1.91. The van der Waals surface area contributed by atoms with Gasteiger partial charge >= 0.3 is 6.18 Å². The highest BCUT2D eigenvalue weighted by Crippen LogP contribution is 2.39. The van der Waals surface area contributed by atoms with Crippen LogP contribution in [0, 0.1) is 11.3 Å². The number of amides is 1. The molecular weight excluding hydrogens is 477 g/mol. The molecule has 1 aliphatic heterocycles. The van der Waals surface area contributed by atoms with E-state index in [0.29, 0.717) is 11.4 Å². The van der Waals surface area contributed by atoms with E-state index in [-0.39, 0.29) is 10.8 Å². The zero-order valence-electron chi connectivity index (χ0n) is 17.6. The lowest BCUT2D eigenvalue weighted by Gasteiger charge is -2.29. The molecule has 0 spiro atoms. The van der Waals surface area contributed by atoms with Crippen LogP contribution < -0.4 is 14.5 Å². The van der Waals surface area contributed by atoms with Crippen molar-refractivity contribution in [3.05, 3.63) is 53.6 Å². The fourth-order valence-corrected chi connectivity index (χ4v) is 4.33. The third-order valence-electron chi connectivity index (χ3n) is 4.95. The van der Waals surface area contributed by atoms with Gasteiger partial charge in [-0.2, -0.15) is 18.4 Å². The van der Waals surface area contributed by atoms with Crippen LogP contribution in [0.3, 0.4) is 0 Å². The summed E-state index contributed by atoms with van der Waals surface area (Å²) in [5.74, 6) is -0.551. The molecule has 0 saturated carbocycles. The van der Waals surface area contributed by atoms with E-state index in [9.17, 15) is 27.0 Å². The number of benzene rings is 2. The Labute approximate surface area is 195 Å². The van der Waals surface area contributed by atoms with Gasteiger partial charge in [0.2, 0.25) is 5.12 Å². The molecule has 2 aromatic rings. The van der Waals surface area contributed by atoms with Crippen molar-refractivity contribution in [3.63, 3.8) is 0 Å². The molecule has 7 nitrogen and oxygen atoms in total. The van der Waals surface area contributed by atoms with Crippen molar-refractivity contribution >= 4 is 56.4 Å². The van der Waals surface area contributed by atoms with Crippen molar-refractivity contribution in [2.75, 3.05) is 14.5 Å². The molecular formula is C21H17F3N4O3S2. The van der Waals surface area contributed by atoms with Crippen LogP contribution >= 0.6 is 12.2 Å². The summed E-state index contributed by atoms with van der Waals surface area (Å²) in [4.78, 5) is 26.8. The minimum absolute atomic E-state index is 0.0455. The van der Waals surface area contributed by atoms with Crippen molar-refractivity contribution in [1.29, 1.82) is 5.26 Å². The Morgan fingerprint density at radius 3 is 2.24 bits per heavy atom. The van der Waals surface area contributed by atoms with E-state index in [2.05, 4.69) is 4.72 Å². The van der Waals surface area contributed by atoms with Gasteiger partial charge < -0.3 is 4.90 Å². The molecule has 3 rings (SSSR count). The molecule has 33 heavy (non-hydrogen) atoms. The van der Waals surface area contributed by atoms with E-state index < -0.39 is 44.9 Å². The van der Waals surface area contributed by atoms with Crippen LogP contribution in [0.15, 0.2) is 42.5 Å². The van der Waals surface area contributed by atoms with Crippen molar-refractivity contribution in [2.45, 2.75) is 32.5 Å². The topological polar surface area (TPSA) is 93.5 Å². The summed E-state index contributed by atoms with van der Waals surface area (Å²) in [5.41, 5.74) is -2.22. The quantitative estimate of drug-likeness (QED) is 0.643. The Balaban J connectivity index is 2.00. The second-order valence-electron chi connectivity index (χ2n) is 7.57. The molecule has 1 heterocycles. The van der Waals surface area contributed by atoms with Gasteiger partial charge in [0.15, 0.2) is 16.1 Å². The number of nitrogens with zero attached hydrogens (tertiary/aromatic N) is 3. The van der Waals surface area contributed by atoms with Crippen molar-refractivity contribution in [3.8, 4) is 6.07 Å². The third-order valence-corrected chi connectivity index (χ3v) is 6.26. The van der Waals surface area contributed by atoms with Crippen LogP contribution in [0.25, 0.3) is 0 Å². The Morgan fingerprint density at radius 1 is 1.15 bits per heavy atom. The van der Waals surface area contributed by atoms with Gasteiger partial charge in [-0.15, -0.1) is 0 Å². The zero-order valence-corrected chi connectivity index (χ0v) is 19.2. The third kappa shape index (κ3) is 4.46. The molecule has 1 N–H and O–H groups in total. The van der Waals surface area contributed by atoms with E-state index >= 15 is 0 Å². The molecule has 1 aliphatic rings. The van der Waals surface area contributed by atoms with E-state index in [1.165, 1.54) is 36.1 Å². The van der Waals surface area contributed by atoms with Gasteiger partial charge in [0, 0.05) is 18.3 Å². The van der Waals surface area contributed by atoms with E-state index in [4.69, 9.17) is 17.5 Å². The number of alkyl halides is 3. The highest BCUT2D eigenvalue weighted by atomic mass is 32.2. The summed E-state index contributed by atoms with van der Waals surface area (Å²) in [6.07, 6.45) is -4.79. The summed E-state index contributed by atoms with van der Waals surface area (Å²) in [5, 5.41) is 8.42. The fourth-order valence-electron chi connectivity index (χ4n) is 3.32. The standard InChI is InChI=1S/C21H17F3N4O3S2/c1-12(29)33(31)26-14-5-8-15(9-6-14)28-19(32)27(18(30)20(28,2)3)16-7-4-13(11-25)17(10-16)21(22,23)24/h4-10,26H,1-3H3. The monoisotopic (exact) mass is 494 g/mol. The maximum absolute atomic E-state index is 13.4. The van der Waals surface area contributed by atoms with Crippen molar-refractivity contribution in [1.82, 2.24) is 0 Å². The van der Waals surface area contributed by atoms with Gasteiger partial charge in [0.25, 0.3) is 5.91 Å². The zero-order chi connectivity index (χ0) is 24.7. The second kappa shape index (κ2) is 8.57. The number of anilines is 3. The Morgan fingerprint density at radius 2 is 1.73 bits per heavy atom. The Bertz CT molecular complexity index is 1220. The van der Waals surface area contributed by atoms with Crippen LogP contribution in [-0.4, -0.2) is 25.9 Å². The molecule has 172 valence electrons. The minimum Gasteiger partial charge on any atom is -0.304 e. The average molecular weight is 495 g/mol. The first kappa shape index (κ1) is 24.3. The van der Waals surface area contributed by atoms with Crippen LogP contribution in [0.2, 0.25) is 0 Å². The lowest BCUT2D eigenvalue weighted by Crippen LogP contribution is -2.44. The molecule has 12 heteroatoms. The lowest BCUT2D eigenvalue weighted by atomic mass is 10.0.